The van der Waals surface area contributed by atoms with Gasteiger partial charge >= 0.3 is 0 Å². The smallest absolute Gasteiger partial charge is 0.260 e. The zero-order valence-corrected chi connectivity index (χ0v) is 19.4. The first-order valence-electron chi connectivity index (χ1n) is 9.96. The topological polar surface area (TPSA) is 75.7 Å². The fourth-order valence-corrected chi connectivity index (χ4v) is 3.87. The average Bonchev–Trinajstić information content (AvgIpc) is 2.67. The molecule has 0 radical (unpaired) electrons. The van der Waals surface area contributed by atoms with Gasteiger partial charge in [-0.2, -0.15) is 0 Å². The first kappa shape index (κ1) is 23.7. The van der Waals surface area contributed by atoms with Crippen LogP contribution in [0.5, 0.6) is 5.75 Å². The van der Waals surface area contributed by atoms with E-state index in [1.54, 1.807) is 31.2 Å². The molecule has 2 atom stereocenters. The zero-order valence-electron chi connectivity index (χ0n) is 18.5. The molecule has 0 aromatic heterocycles. The highest BCUT2D eigenvalue weighted by atomic mass is 32.2. The number of hydrogen-bond donors (Lipinski definition) is 1. The molecule has 2 rings (SSSR count). The average molecular weight is 433 g/mol. The Morgan fingerprint density at radius 2 is 1.63 bits per heavy atom. The van der Waals surface area contributed by atoms with E-state index in [0.717, 1.165) is 12.7 Å². The number of hydrogen-bond acceptors (Lipinski definition) is 4. The molecule has 0 aliphatic rings. The van der Waals surface area contributed by atoms with Crippen molar-refractivity contribution in [1.29, 1.82) is 0 Å². The predicted molar refractivity (Wildman–Crippen MR) is 121 cm³/mol. The minimum absolute atomic E-state index is 0.0236. The van der Waals surface area contributed by atoms with Crippen LogP contribution >= 0.6 is 0 Å². The van der Waals surface area contributed by atoms with Crippen molar-refractivity contribution >= 4 is 21.6 Å². The van der Waals surface area contributed by atoms with E-state index in [1.165, 1.54) is 16.9 Å². The highest BCUT2D eigenvalue weighted by Crippen LogP contribution is 2.28. The van der Waals surface area contributed by atoms with Crippen LogP contribution in [-0.2, 0) is 20.2 Å². The zero-order chi connectivity index (χ0) is 22.5. The molecule has 7 heteroatoms. The molecule has 0 bridgehead atoms. The molecule has 2 unspecified atom stereocenters. The lowest BCUT2D eigenvalue weighted by atomic mass is 9.79. The summed E-state index contributed by atoms with van der Waals surface area (Å²) in [5, 5.41) is 3.02. The van der Waals surface area contributed by atoms with E-state index < -0.39 is 16.1 Å². The molecule has 0 saturated heterocycles. The molecule has 1 amide bonds. The van der Waals surface area contributed by atoms with Crippen LogP contribution in [0.25, 0.3) is 0 Å². The van der Waals surface area contributed by atoms with Gasteiger partial charge in [-0.05, 0) is 55.5 Å². The maximum absolute atomic E-state index is 12.6. The Hall–Kier alpha value is -2.54. The summed E-state index contributed by atoms with van der Waals surface area (Å²) in [7, 11) is -1.84. The predicted octanol–water partition coefficient (Wildman–Crippen LogP) is 3.72. The number of nitrogens with zero attached hydrogens (tertiary/aromatic N) is 1. The highest BCUT2D eigenvalue weighted by molar-refractivity contribution is 7.92. The summed E-state index contributed by atoms with van der Waals surface area (Å²) in [6, 6.07) is 16.8. The summed E-state index contributed by atoms with van der Waals surface area (Å²) in [6.07, 6.45) is 1.26. The summed E-state index contributed by atoms with van der Waals surface area (Å²) in [6.45, 7) is 8.02. The van der Waals surface area contributed by atoms with Gasteiger partial charge in [-0.15, -0.1) is 0 Å². The van der Waals surface area contributed by atoms with Crippen molar-refractivity contribution in [3.05, 3.63) is 60.2 Å². The molecule has 0 aliphatic carbocycles. The monoisotopic (exact) mass is 432 g/mol. The highest BCUT2D eigenvalue weighted by Gasteiger charge is 2.25. The van der Waals surface area contributed by atoms with Crippen molar-refractivity contribution in [1.82, 2.24) is 5.32 Å². The van der Waals surface area contributed by atoms with E-state index in [1.807, 2.05) is 25.1 Å². The Morgan fingerprint density at radius 1 is 1.07 bits per heavy atom. The van der Waals surface area contributed by atoms with Gasteiger partial charge in [0.25, 0.3) is 5.91 Å². The summed E-state index contributed by atoms with van der Waals surface area (Å²) in [4.78, 5) is 12.6. The van der Waals surface area contributed by atoms with E-state index in [-0.39, 0.29) is 17.4 Å². The summed E-state index contributed by atoms with van der Waals surface area (Å²) >= 11 is 0. The molecule has 164 valence electrons. The summed E-state index contributed by atoms with van der Waals surface area (Å²) in [5.74, 6) is 0.310. The molecule has 0 fully saturated rings. The molecule has 0 saturated carbocycles. The second-order valence-corrected chi connectivity index (χ2v) is 10.4. The van der Waals surface area contributed by atoms with E-state index in [0.29, 0.717) is 11.4 Å². The minimum Gasteiger partial charge on any atom is -0.481 e. The van der Waals surface area contributed by atoms with Crippen LogP contribution in [0.1, 0.15) is 39.7 Å². The molecule has 0 heterocycles. The van der Waals surface area contributed by atoms with Gasteiger partial charge in [-0.1, -0.05) is 44.2 Å². The molecular weight excluding hydrogens is 400 g/mol. The Balaban J connectivity index is 1.93. The first-order valence-corrected chi connectivity index (χ1v) is 11.8. The minimum atomic E-state index is -3.33. The molecule has 2 aromatic carbocycles. The van der Waals surface area contributed by atoms with Crippen molar-refractivity contribution in [2.24, 2.45) is 0 Å². The Morgan fingerprint density at radius 3 is 2.17 bits per heavy atom. The second-order valence-electron chi connectivity index (χ2n) is 8.35. The lowest BCUT2D eigenvalue weighted by Crippen LogP contribution is -2.43. The normalized spacial score (nSPS) is 13.9. The third kappa shape index (κ3) is 6.49. The van der Waals surface area contributed by atoms with Crippen LogP contribution in [0.3, 0.4) is 0 Å². The molecule has 0 aliphatic heterocycles. The number of carbonyl (C=O) groups is 1. The second kappa shape index (κ2) is 9.51. The van der Waals surface area contributed by atoms with Crippen LogP contribution in [0.15, 0.2) is 54.6 Å². The Bertz CT molecular complexity index is 941. The van der Waals surface area contributed by atoms with Crippen LogP contribution in [0.4, 0.5) is 5.69 Å². The number of anilines is 1. The van der Waals surface area contributed by atoms with Crippen LogP contribution < -0.4 is 14.4 Å². The van der Waals surface area contributed by atoms with Crippen molar-refractivity contribution in [2.45, 2.75) is 51.7 Å². The number of rotatable bonds is 9. The lowest BCUT2D eigenvalue weighted by molar-refractivity contribution is -0.128. The van der Waals surface area contributed by atoms with Crippen molar-refractivity contribution < 1.29 is 17.9 Å². The molecule has 0 spiro atoms. The van der Waals surface area contributed by atoms with Gasteiger partial charge in [0.15, 0.2) is 6.10 Å². The first-order chi connectivity index (χ1) is 13.9. The van der Waals surface area contributed by atoms with Crippen molar-refractivity contribution in [2.75, 3.05) is 17.6 Å². The molecule has 2 aromatic rings. The third-order valence-electron chi connectivity index (χ3n) is 5.14. The molecule has 30 heavy (non-hydrogen) atoms. The Kier molecular flexibility index (Phi) is 7.53. The summed E-state index contributed by atoms with van der Waals surface area (Å²) < 4.78 is 30.2. The molecular formula is C23H32N2O4S. The number of ether oxygens (including phenoxy) is 1. The number of sulfonamides is 1. The number of amides is 1. The van der Waals surface area contributed by atoms with Gasteiger partial charge in [-0.3, -0.25) is 9.10 Å². The van der Waals surface area contributed by atoms with Gasteiger partial charge in [-0.25, -0.2) is 8.42 Å². The SMILES string of the molecule is CC(CC(C)(C)c1ccccc1)NC(=O)C(C)Oc1ccc(N(C)S(C)(=O)=O)cc1. The van der Waals surface area contributed by atoms with E-state index >= 15 is 0 Å². The summed E-state index contributed by atoms with van der Waals surface area (Å²) in [5.41, 5.74) is 1.69. The van der Waals surface area contributed by atoms with E-state index in [2.05, 4.69) is 31.3 Å². The largest absolute Gasteiger partial charge is 0.481 e. The number of nitrogens with one attached hydrogen (secondary N) is 1. The van der Waals surface area contributed by atoms with Gasteiger partial charge in [0.05, 0.1) is 11.9 Å². The Labute approximate surface area is 180 Å². The van der Waals surface area contributed by atoms with Crippen LogP contribution in [0, 0.1) is 0 Å². The van der Waals surface area contributed by atoms with E-state index in [4.69, 9.17) is 4.74 Å². The quantitative estimate of drug-likeness (QED) is 0.655. The van der Waals surface area contributed by atoms with Gasteiger partial charge in [0, 0.05) is 13.1 Å². The van der Waals surface area contributed by atoms with Gasteiger partial charge < -0.3 is 10.1 Å². The third-order valence-corrected chi connectivity index (χ3v) is 6.35. The number of carbonyl (C=O) groups excluding carboxylic acids is 1. The fourth-order valence-electron chi connectivity index (χ4n) is 3.37. The van der Waals surface area contributed by atoms with Crippen LogP contribution in [0.2, 0.25) is 0 Å². The van der Waals surface area contributed by atoms with Crippen molar-refractivity contribution in [3.63, 3.8) is 0 Å². The standard InChI is InChI=1S/C23H32N2O4S/c1-17(16-23(3,4)19-10-8-7-9-11-19)24-22(26)18(2)29-21-14-12-20(13-15-21)25(5)30(6,27)28/h7-15,17-18H,16H2,1-6H3,(H,24,26). The van der Waals surface area contributed by atoms with Crippen molar-refractivity contribution in [3.8, 4) is 5.75 Å². The van der Waals surface area contributed by atoms with Gasteiger partial charge in [0.1, 0.15) is 5.75 Å². The lowest BCUT2D eigenvalue weighted by Gasteiger charge is -2.29. The van der Waals surface area contributed by atoms with E-state index in [9.17, 15) is 13.2 Å². The maximum atomic E-state index is 12.6. The maximum Gasteiger partial charge on any atom is 0.260 e. The van der Waals surface area contributed by atoms with Crippen LogP contribution in [-0.4, -0.2) is 39.8 Å². The molecule has 1 N–H and O–H groups in total. The molecule has 6 nitrogen and oxygen atoms in total. The number of benzene rings is 2. The fraction of sp³-hybridized carbons (Fsp3) is 0.435. The van der Waals surface area contributed by atoms with Gasteiger partial charge in [0.2, 0.25) is 10.0 Å².